The Balaban J connectivity index is 1.75. The first-order chi connectivity index (χ1) is 8.74. The molecule has 0 aliphatic heterocycles. The van der Waals surface area contributed by atoms with Crippen molar-refractivity contribution in [1.29, 1.82) is 0 Å². The van der Waals surface area contributed by atoms with Crippen LogP contribution < -0.4 is 10.6 Å². The molecule has 2 aromatic rings. The number of rotatable bonds is 5. The third-order valence-electron chi connectivity index (χ3n) is 2.08. The number of carbonyl (C=O) groups excluding carboxylic acids is 1. The van der Waals surface area contributed by atoms with Crippen molar-refractivity contribution in [3.05, 3.63) is 41.0 Å². The van der Waals surface area contributed by atoms with Crippen LogP contribution in [0.15, 0.2) is 39.7 Å². The lowest BCUT2D eigenvalue weighted by atomic mass is 10.3. The van der Waals surface area contributed by atoms with Crippen molar-refractivity contribution in [3.8, 4) is 0 Å². The highest BCUT2D eigenvalue weighted by molar-refractivity contribution is 9.10. The summed E-state index contributed by atoms with van der Waals surface area (Å²) >= 11 is 3.34. The molecule has 0 saturated heterocycles. The van der Waals surface area contributed by atoms with E-state index >= 15 is 0 Å². The Kier molecular flexibility index (Phi) is 4.43. The van der Waals surface area contributed by atoms with Gasteiger partial charge in [0.1, 0.15) is 0 Å². The van der Waals surface area contributed by atoms with Crippen LogP contribution >= 0.6 is 15.9 Å². The fourth-order valence-electron chi connectivity index (χ4n) is 1.33. The minimum atomic E-state index is -0.128. The Morgan fingerprint density at radius 3 is 3.06 bits per heavy atom. The van der Waals surface area contributed by atoms with Crippen molar-refractivity contribution in [2.45, 2.75) is 6.54 Å². The van der Waals surface area contributed by atoms with Gasteiger partial charge in [-0.15, -0.1) is 0 Å². The standard InChI is InChI=1S/C11H11BrN4O2/c12-8-2-1-3-9(4-8)15-11(17)6-13-5-10-14-7-18-16-10/h1-4,7,13H,5-6H2,(H,15,17). The van der Waals surface area contributed by atoms with Gasteiger partial charge in [-0.3, -0.25) is 4.79 Å². The lowest BCUT2D eigenvalue weighted by molar-refractivity contribution is -0.115. The maximum absolute atomic E-state index is 11.6. The van der Waals surface area contributed by atoms with E-state index in [2.05, 4.69) is 41.2 Å². The Bertz CT molecular complexity index is 516. The minimum Gasteiger partial charge on any atom is -0.343 e. The number of benzene rings is 1. The zero-order valence-corrected chi connectivity index (χ0v) is 11.0. The van der Waals surface area contributed by atoms with E-state index in [9.17, 15) is 4.79 Å². The van der Waals surface area contributed by atoms with Gasteiger partial charge in [0, 0.05) is 10.2 Å². The van der Waals surface area contributed by atoms with Crippen LogP contribution in [-0.2, 0) is 11.3 Å². The van der Waals surface area contributed by atoms with Gasteiger partial charge in [0.05, 0.1) is 13.1 Å². The van der Waals surface area contributed by atoms with E-state index in [1.165, 1.54) is 6.39 Å². The van der Waals surface area contributed by atoms with Crippen LogP contribution in [0, 0.1) is 0 Å². The van der Waals surface area contributed by atoms with Gasteiger partial charge in [0.15, 0.2) is 5.82 Å². The van der Waals surface area contributed by atoms with Gasteiger partial charge >= 0.3 is 0 Å². The first-order valence-corrected chi connectivity index (χ1v) is 6.05. The van der Waals surface area contributed by atoms with Crippen LogP contribution in [0.5, 0.6) is 0 Å². The monoisotopic (exact) mass is 310 g/mol. The van der Waals surface area contributed by atoms with Crippen LogP contribution in [0.25, 0.3) is 0 Å². The van der Waals surface area contributed by atoms with Crippen LogP contribution in [0.4, 0.5) is 5.69 Å². The first-order valence-electron chi connectivity index (χ1n) is 5.25. The molecule has 94 valence electrons. The van der Waals surface area contributed by atoms with Gasteiger partial charge in [-0.1, -0.05) is 27.2 Å². The molecule has 1 amide bonds. The lowest BCUT2D eigenvalue weighted by Gasteiger charge is -2.05. The molecular formula is C11H11BrN4O2. The molecule has 2 N–H and O–H groups in total. The molecule has 0 saturated carbocycles. The Morgan fingerprint density at radius 1 is 1.44 bits per heavy atom. The normalized spacial score (nSPS) is 10.3. The predicted octanol–water partition coefficient (Wildman–Crippen LogP) is 1.56. The van der Waals surface area contributed by atoms with E-state index in [-0.39, 0.29) is 12.5 Å². The van der Waals surface area contributed by atoms with E-state index in [1.54, 1.807) is 0 Å². The second-order valence-corrected chi connectivity index (χ2v) is 4.43. The van der Waals surface area contributed by atoms with Crippen molar-refractivity contribution in [2.24, 2.45) is 0 Å². The maximum Gasteiger partial charge on any atom is 0.238 e. The average molecular weight is 311 g/mol. The van der Waals surface area contributed by atoms with Crippen LogP contribution in [0.2, 0.25) is 0 Å². The van der Waals surface area contributed by atoms with Crippen molar-refractivity contribution >= 4 is 27.5 Å². The molecule has 0 spiro atoms. The predicted molar refractivity (Wildman–Crippen MR) is 68.8 cm³/mol. The van der Waals surface area contributed by atoms with Crippen LogP contribution in [0.3, 0.4) is 0 Å². The summed E-state index contributed by atoms with van der Waals surface area (Å²) in [6, 6.07) is 7.40. The molecule has 1 heterocycles. The van der Waals surface area contributed by atoms with Gasteiger partial charge in [-0.05, 0) is 18.2 Å². The molecule has 0 fully saturated rings. The van der Waals surface area contributed by atoms with Crippen molar-refractivity contribution in [1.82, 2.24) is 15.5 Å². The molecule has 0 aliphatic carbocycles. The Hall–Kier alpha value is -1.73. The Labute approximate surface area is 112 Å². The number of hydrogen-bond acceptors (Lipinski definition) is 5. The summed E-state index contributed by atoms with van der Waals surface area (Å²) in [6.07, 6.45) is 1.25. The van der Waals surface area contributed by atoms with Crippen LogP contribution in [0.1, 0.15) is 5.82 Å². The van der Waals surface area contributed by atoms with Gasteiger partial charge in [-0.2, -0.15) is 4.98 Å². The second kappa shape index (κ2) is 6.27. The topological polar surface area (TPSA) is 80.1 Å². The van der Waals surface area contributed by atoms with Crippen LogP contribution in [-0.4, -0.2) is 22.6 Å². The summed E-state index contributed by atoms with van der Waals surface area (Å²) in [7, 11) is 0. The summed E-state index contributed by atoms with van der Waals surface area (Å²) in [5.74, 6) is 0.391. The largest absolute Gasteiger partial charge is 0.343 e. The van der Waals surface area contributed by atoms with E-state index in [4.69, 9.17) is 0 Å². The number of anilines is 1. The van der Waals surface area contributed by atoms with Crippen molar-refractivity contribution in [2.75, 3.05) is 11.9 Å². The van der Waals surface area contributed by atoms with E-state index < -0.39 is 0 Å². The fraction of sp³-hybridized carbons (Fsp3) is 0.182. The molecule has 7 heteroatoms. The number of amides is 1. The SMILES string of the molecule is O=C(CNCc1ncon1)Nc1cccc(Br)c1. The molecule has 0 bridgehead atoms. The van der Waals surface area contributed by atoms with E-state index in [0.717, 1.165) is 10.2 Å². The summed E-state index contributed by atoms with van der Waals surface area (Å²) < 4.78 is 5.49. The third-order valence-corrected chi connectivity index (χ3v) is 2.58. The quantitative estimate of drug-likeness (QED) is 0.876. The number of hydrogen-bond donors (Lipinski definition) is 2. The Morgan fingerprint density at radius 2 is 2.33 bits per heavy atom. The fourth-order valence-corrected chi connectivity index (χ4v) is 1.73. The molecule has 1 aromatic heterocycles. The molecule has 18 heavy (non-hydrogen) atoms. The minimum absolute atomic E-state index is 0.128. The zero-order valence-electron chi connectivity index (χ0n) is 9.39. The first kappa shape index (κ1) is 12.7. The van der Waals surface area contributed by atoms with E-state index in [0.29, 0.717) is 12.4 Å². The van der Waals surface area contributed by atoms with Crippen molar-refractivity contribution < 1.29 is 9.32 Å². The maximum atomic E-state index is 11.6. The third kappa shape index (κ3) is 3.94. The molecule has 0 atom stereocenters. The van der Waals surface area contributed by atoms with Gasteiger partial charge in [0.25, 0.3) is 0 Å². The van der Waals surface area contributed by atoms with Crippen molar-refractivity contribution in [3.63, 3.8) is 0 Å². The molecule has 0 unspecified atom stereocenters. The number of halogens is 1. The molecule has 2 rings (SSSR count). The van der Waals surface area contributed by atoms with Gasteiger partial charge in [-0.25, -0.2) is 0 Å². The van der Waals surface area contributed by atoms with Gasteiger partial charge < -0.3 is 15.2 Å². The molecular weight excluding hydrogens is 300 g/mol. The van der Waals surface area contributed by atoms with Gasteiger partial charge in [0.2, 0.25) is 12.3 Å². The highest BCUT2D eigenvalue weighted by Crippen LogP contribution is 2.15. The number of nitrogens with one attached hydrogen (secondary N) is 2. The summed E-state index contributed by atoms with van der Waals surface area (Å²) in [4.78, 5) is 15.4. The van der Waals surface area contributed by atoms with E-state index in [1.807, 2.05) is 24.3 Å². The smallest absolute Gasteiger partial charge is 0.238 e. The molecule has 6 nitrogen and oxygen atoms in total. The molecule has 0 aliphatic rings. The highest BCUT2D eigenvalue weighted by Gasteiger charge is 2.03. The molecule has 0 radical (unpaired) electrons. The lowest BCUT2D eigenvalue weighted by Crippen LogP contribution is -2.28. The zero-order chi connectivity index (χ0) is 12.8. The average Bonchev–Trinajstić information content (AvgIpc) is 2.82. The summed E-state index contributed by atoms with van der Waals surface area (Å²) in [6.45, 7) is 0.573. The number of aromatic nitrogens is 2. The second-order valence-electron chi connectivity index (χ2n) is 3.51. The number of carbonyl (C=O) groups is 1. The summed E-state index contributed by atoms with van der Waals surface area (Å²) in [5.41, 5.74) is 0.746. The molecule has 1 aromatic carbocycles. The summed E-state index contributed by atoms with van der Waals surface area (Å²) in [5, 5.41) is 9.30. The number of nitrogens with zero attached hydrogens (tertiary/aromatic N) is 2. The highest BCUT2D eigenvalue weighted by atomic mass is 79.9.